The quantitative estimate of drug-likeness (QED) is 0.717. The van der Waals surface area contributed by atoms with Gasteiger partial charge in [0.1, 0.15) is 12.4 Å². The van der Waals surface area contributed by atoms with Crippen molar-refractivity contribution in [1.82, 2.24) is 0 Å². The van der Waals surface area contributed by atoms with E-state index >= 15 is 0 Å². The van der Waals surface area contributed by atoms with E-state index < -0.39 is 0 Å². The summed E-state index contributed by atoms with van der Waals surface area (Å²) in [7, 11) is 0. The van der Waals surface area contributed by atoms with Crippen LogP contribution in [-0.4, -0.2) is 12.5 Å². The van der Waals surface area contributed by atoms with Gasteiger partial charge in [-0.1, -0.05) is 25.4 Å². The second-order valence-electron chi connectivity index (χ2n) is 3.83. The average molecular weight is 247 g/mol. The molecule has 84 valence electrons. The van der Waals surface area contributed by atoms with Crippen LogP contribution in [0.3, 0.4) is 0 Å². The van der Waals surface area contributed by atoms with Gasteiger partial charge in [0, 0.05) is 5.02 Å². The van der Waals surface area contributed by atoms with E-state index in [0.29, 0.717) is 18.4 Å². The highest BCUT2D eigenvalue weighted by atomic mass is 35.5. The first-order chi connectivity index (χ1) is 7.06. The maximum absolute atomic E-state index is 6.15. The molecule has 1 rings (SSSR count). The molecule has 0 aliphatic carbocycles. The van der Waals surface area contributed by atoms with E-state index in [-0.39, 0.29) is 0 Å². The number of aryl methyl sites for hydroxylation is 1. The largest absolute Gasteiger partial charge is 0.492 e. The van der Waals surface area contributed by atoms with E-state index in [1.54, 1.807) is 0 Å². The minimum Gasteiger partial charge on any atom is -0.492 e. The lowest BCUT2D eigenvalue weighted by Crippen LogP contribution is -2.01. The van der Waals surface area contributed by atoms with E-state index in [1.807, 2.05) is 19.1 Å². The summed E-state index contributed by atoms with van der Waals surface area (Å²) in [5.41, 5.74) is 2.17. The van der Waals surface area contributed by atoms with Gasteiger partial charge in [0.25, 0.3) is 0 Å². The van der Waals surface area contributed by atoms with Crippen LogP contribution in [0.25, 0.3) is 0 Å². The summed E-state index contributed by atoms with van der Waals surface area (Å²) in [5.74, 6) is 1.78. The Morgan fingerprint density at radius 3 is 2.53 bits per heavy atom. The molecule has 0 radical (unpaired) electrons. The number of hydrogen-bond donors (Lipinski definition) is 0. The van der Waals surface area contributed by atoms with Crippen molar-refractivity contribution >= 4 is 23.2 Å². The predicted octanol–water partition coefficient (Wildman–Crippen LogP) is 4.39. The lowest BCUT2D eigenvalue weighted by molar-refractivity contribution is 0.340. The van der Waals surface area contributed by atoms with Gasteiger partial charge in [0.05, 0.1) is 5.88 Å². The molecule has 1 aromatic rings. The van der Waals surface area contributed by atoms with Gasteiger partial charge in [-0.3, -0.25) is 0 Å². The molecule has 0 aliphatic heterocycles. The van der Waals surface area contributed by atoms with Crippen LogP contribution in [0.15, 0.2) is 12.1 Å². The van der Waals surface area contributed by atoms with Gasteiger partial charge in [0.2, 0.25) is 0 Å². The molecule has 0 atom stereocenters. The smallest absolute Gasteiger partial charge is 0.122 e. The van der Waals surface area contributed by atoms with E-state index in [4.69, 9.17) is 27.9 Å². The summed E-state index contributed by atoms with van der Waals surface area (Å²) < 4.78 is 5.54. The summed E-state index contributed by atoms with van der Waals surface area (Å²) in [6.07, 6.45) is 0. The lowest BCUT2D eigenvalue weighted by atomic mass is 10.0. The first-order valence-electron chi connectivity index (χ1n) is 5.05. The highest BCUT2D eigenvalue weighted by Gasteiger charge is 2.09. The molecule has 0 fully saturated rings. The molecule has 1 nitrogen and oxygen atoms in total. The fourth-order valence-corrected chi connectivity index (χ4v) is 1.93. The molecule has 0 aromatic heterocycles. The topological polar surface area (TPSA) is 9.23 Å². The predicted molar refractivity (Wildman–Crippen MR) is 66.5 cm³/mol. The maximum atomic E-state index is 6.15. The molecule has 3 heteroatoms. The van der Waals surface area contributed by atoms with Gasteiger partial charge in [-0.15, -0.1) is 11.6 Å². The summed E-state index contributed by atoms with van der Waals surface area (Å²) in [6, 6.07) is 3.95. The Morgan fingerprint density at radius 1 is 1.33 bits per heavy atom. The third-order valence-electron chi connectivity index (χ3n) is 2.25. The van der Waals surface area contributed by atoms with Gasteiger partial charge < -0.3 is 4.74 Å². The molecule has 15 heavy (non-hydrogen) atoms. The Balaban J connectivity index is 3.00. The zero-order chi connectivity index (χ0) is 11.4. The average Bonchev–Trinajstić information content (AvgIpc) is 2.16. The van der Waals surface area contributed by atoms with E-state index in [1.165, 1.54) is 0 Å². The summed E-state index contributed by atoms with van der Waals surface area (Å²) in [6.45, 7) is 6.74. The Hall–Kier alpha value is -0.400. The zero-order valence-electron chi connectivity index (χ0n) is 9.31. The van der Waals surface area contributed by atoms with Crippen LogP contribution in [0.1, 0.15) is 30.9 Å². The number of ether oxygens (including phenoxy) is 1. The minimum atomic E-state index is 0.399. The highest BCUT2D eigenvalue weighted by Crippen LogP contribution is 2.31. The first-order valence-corrected chi connectivity index (χ1v) is 5.96. The van der Waals surface area contributed by atoms with Crippen molar-refractivity contribution in [2.45, 2.75) is 26.7 Å². The fraction of sp³-hybridized carbons (Fsp3) is 0.500. The second-order valence-corrected chi connectivity index (χ2v) is 4.62. The molecular formula is C12H16Cl2O. The number of benzene rings is 1. The number of rotatable bonds is 4. The van der Waals surface area contributed by atoms with E-state index in [0.717, 1.165) is 21.9 Å². The molecule has 0 saturated heterocycles. The Kier molecular flexibility index (Phi) is 4.75. The zero-order valence-corrected chi connectivity index (χ0v) is 10.8. The van der Waals surface area contributed by atoms with Gasteiger partial charge in [0.15, 0.2) is 0 Å². The number of alkyl halides is 1. The van der Waals surface area contributed by atoms with Gasteiger partial charge in [-0.05, 0) is 36.1 Å². The summed E-state index contributed by atoms with van der Waals surface area (Å²) in [4.78, 5) is 0. The molecule has 1 aromatic carbocycles. The first kappa shape index (κ1) is 12.7. The molecule has 0 N–H and O–H groups in total. The molecule has 0 spiro atoms. The van der Waals surface area contributed by atoms with Crippen LogP contribution in [-0.2, 0) is 0 Å². The van der Waals surface area contributed by atoms with E-state index in [9.17, 15) is 0 Å². The second kappa shape index (κ2) is 5.62. The molecule has 0 bridgehead atoms. The Labute approximate surface area is 101 Å². The van der Waals surface area contributed by atoms with Crippen LogP contribution in [0, 0.1) is 6.92 Å². The van der Waals surface area contributed by atoms with Crippen LogP contribution in [0.4, 0.5) is 0 Å². The van der Waals surface area contributed by atoms with Crippen molar-refractivity contribution in [3.8, 4) is 5.75 Å². The van der Waals surface area contributed by atoms with Crippen molar-refractivity contribution in [2.24, 2.45) is 0 Å². The standard InChI is InChI=1S/C12H16Cl2O/c1-8(2)10-7-12(15-5-4-13)9(3)6-11(10)14/h6-8H,4-5H2,1-3H3. The van der Waals surface area contributed by atoms with Crippen molar-refractivity contribution < 1.29 is 4.74 Å². The maximum Gasteiger partial charge on any atom is 0.122 e. The summed E-state index contributed by atoms with van der Waals surface area (Å²) in [5, 5.41) is 0.806. The van der Waals surface area contributed by atoms with Crippen molar-refractivity contribution in [1.29, 1.82) is 0 Å². The fourth-order valence-electron chi connectivity index (χ4n) is 1.42. The molecule has 0 amide bonds. The highest BCUT2D eigenvalue weighted by molar-refractivity contribution is 6.31. The molecule has 0 unspecified atom stereocenters. The molecular weight excluding hydrogens is 231 g/mol. The summed E-state index contributed by atoms with van der Waals surface area (Å²) >= 11 is 11.7. The number of hydrogen-bond acceptors (Lipinski definition) is 1. The van der Waals surface area contributed by atoms with Gasteiger partial charge in [-0.2, -0.15) is 0 Å². The van der Waals surface area contributed by atoms with Crippen LogP contribution in [0.5, 0.6) is 5.75 Å². The molecule has 0 saturated carbocycles. The van der Waals surface area contributed by atoms with Gasteiger partial charge >= 0.3 is 0 Å². The van der Waals surface area contributed by atoms with Gasteiger partial charge in [-0.25, -0.2) is 0 Å². The number of halogens is 2. The van der Waals surface area contributed by atoms with Crippen molar-refractivity contribution in [3.63, 3.8) is 0 Å². The third-order valence-corrected chi connectivity index (χ3v) is 2.73. The molecule has 0 heterocycles. The molecule has 0 aliphatic rings. The Bertz CT molecular complexity index is 335. The lowest BCUT2D eigenvalue weighted by Gasteiger charge is -2.14. The van der Waals surface area contributed by atoms with Crippen molar-refractivity contribution in [2.75, 3.05) is 12.5 Å². The third kappa shape index (κ3) is 3.29. The monoisotopic (exact) mass is 246 g/mol. The SMILES string of the molecule is Cc1cc(Cl)c(C(C)C)cc1OCCCl. The van der Waals surface area contributed by atoms with Crippen LogP contribution >= 0.6 is 23.2 Å². The van der Waals surface area contributed by atoms with Crippen LogP contribution < -0.4 is 4.74 Å². The van der Waals surface area contributed by atoms with Crippen molar-refractivity contribution in [3.05, 3.63) is 28.3 Å². The Morgan fingerprint density at radius 2 is 2.00 bits per heavy atom. The van der Waals surface area contributed by atoms with E-state index in [2.05, 4.69) is 13.8 Å². The van der Waals surface area contributed by atoms with Crippen LogP contribution in [0.2, 0.25) is 5.02 Å². The minimum absolute atomic E-state index is 0.399. The normalized spacial score (nSPS) is 10.8.